The smallest absolute Gasteiger partial charge is 0.115 e. The highest BCUT2D eigenvalue weighted by Gasteiger charge is 2.13. The van der Waals surface area contributed by atoms with Crippen LogP contribution in [0.3, 0.4) is 0 Å². The molecule has 88 valence electrons. The Hall–Kier alpha value is -1.18. The molecule has 1 aliphatic rings. The molecule has 1 aromatic carbocycles. The van der Waals surface area contributed by atoms with Crippen molar-refractivity contribution in [2.75, 3.05) is 11.9 Å². The van der Waals surface area contributed by atoms with E-state index in [1.807, 2.05) is 19.1 Å². The lowest BCUT2D eigenvalue weighted by Crippen LogP contribution is -2.17. The third kappa shape index (κ3) is 2.91. The summed E-state index contributed by atoms with van der Waals surface area (Å²) in [6.45, 7) is 3.11. The molecule has 16 heavy (non-hydrogen) atoms. The number of anilines is 1. The van der Waals surface area contributed by atoms with Crippen molar-refractivity contribution in [1.29, 1.82) is 0 Å². The quantitative estimate of drug-likeness (QED) is 0.760. The van der Waals surface area contributed by atoms with Crippen LogP contribution < -0.4 is 5.32 Å². The number of rotatable bonds is 3. The molecule has 1 saturated carbocycles. The fourth-order valence-electron chi connectivity index (χ4n) is 2.49. The van der Waals surface area contributed by atoms with Crippen molar-refractivity contribution in [1.82, 2.24) is 0 Å². The van der Waals surface area contributed by atoms with Crippen LogP contribution in [-0.4, -0.2) is 11.7 Å². The fourth-order valence-corrected chi connectivity index (χ4v) is 2.49. The van der Waals surface area contributed by atoms with Gasteiger partial charge in [-0.05, 0) is 49.4 Å². The van der Waals surface area contributed by atoms with Crippen LogP contribution in [0.15, 0.2) is 18.2 Å². The monoisotopic (exact) mass is 219 g/mol. The SMILES string of the molecule is Cc1cc(O)ccc1NCC1CCCCC1. The molecule has 0 aliphatic heterocycles. The number of aromatic hydroxyl groups is 1. The van der Waals surface area contributed by atoms with Gasteiger partial charge in [0.1, 0.15) is 5.75 Å². The van der Waals surface area contributed by atoms with Crippen LogP contribution >= 0.6 is 0 Å². The first-order chi connectivity index (χ1) is 7.75. The summed E-state index contributed by atoms with van der Waals surface area (Å²) in [4.78, 5) is 0. The third-order valence-corrected chi connectivity index (χ3v) is 3.52. The lowest BCUT2D eigenvalue weighted by Gasteiger charge is -2.22. The van der Waals surface area contributed by atoms with Gasteiger partial charge in [0.2, 0.25) is 0 Å². The van der Waals surface area contributed by atoms with E-state index in [9.17, 15) is 5.11 Å². The van der Waals surface area contributed by atoms with Crippen LogP contribution in [0.4, 0.5) is 5.69 Å². The Kier molecular flexibility index (Phi) is 3.70. The molecular weight excluding hydrogens is 198 g/mol. The number of nitrogens with one attached hydrogen (secondary N) is 1. The van der Waals surface area contributed by atoms with Crippen LogP contribution in [0.1, 0.15) is 37.7 Å². The second-order valence-corrected chi connectivity index (χ2v) is 4.88. The number of benzene rings is 1. The molecule has 0 saturated heterocycles. The zero-order valence-corrected chi connectivity index (χ0v) is 10.00. The van der Waals surface area contributed by atoms with E-state index in [2.05, 4.69) is 5.32 Å². The first kappa shape index (κ1) is 11.3. The van der Waals surface area contributed by atoms with Crippen LogP contribution in [-0.2, 0) is 0 Å². The fraction of sp³-hybridized carbons (Fsp3) is 0.571. The van der Waals surface area contributed by atoms with Crippen LogP contribution in [0.25, 0.3) is 0 Å². The predicted molar refractivity (Wildman–Crippen MR) is 67.9 cm³/mol. The van der Waals surface area contributed by atoms with Crippen molar-refractivity contribution >= 4 is 5.69 Å². The number of hydrogen-bond donors (Lipinski definition) is 2. The van der Waals surface area contributed by atoms with Crippen LogP contribution in [0.2, 0.25) is 0 Å². The molecule has 2 N–H and O–H groups in total. The molecular formula is C14H21NO. The zero-order chi connectivity index (χ0) is 11.4. The van der Waals surface area contributed by atoms with E-state index in [0.717, 1.165) is 23.7 Å². The Morgan fingerprint density at radius 1 is 1.25 bits per heavy atom. The van der Waals surface area contributed by atoms with Gasteiger partial charge in [0.25, 0.3) is 0 Å². The Morgan fingerprint density at radius 3 is 2.69 bits per heavy atom. The van der Waals surface area contributed by atoms with Gasteiger partial charge in [-0.1, -0.05) is 19.3 Å². The van der Waals surface area contributed by atoms with Crippen molar-refractivity contribution in [3.63, 3.8) is 0 Å². The molecule has 2 nitrogen and oxygen atoms in total. The summed E-state index contributed by atoms with van der Waals surface area (Å²) in [6, 6.07) is 5.52. The predicted octanol–water partition coefficient (Wildman–Crippen LogP) is 3.69. The summed E-state index contributed by atoms with van der Waals surface area (Å²) >= 11 is 0. The molecule has 0 heterocycles. The first-order valence-electron chi connectivity index (χ1n) is 6.29. The molecule has 0 spiro atoms. The van der Waals surface area contributed by atoms with Crippen molar-refractivity contribution in [2.24, 2.45) is 5.92 Å². The molecule has 0 aromatic heterocycles. The van der Waals surface area contributed by atoms with E-state index in [4.69, 9.17) is 0 Å². The van der Waals surface area contributed by atoms with Crippen molar-refractivity contribution < 1.29 is 5.11 Å². The molecule has 1 aromatic rings. The molecule has 0 radical (unpaired) electrons. The first-order valence-corrected chi connectivity index (χ1v) is 6.29. The normalized spacial score (nSPS) is 17.3. The van der Waals surface area contributed by atoms with Gasteiger partial charge in [-0.15, -0.1) is 0 Å². The van der Waals surface area contributed by atoms with Gasteiger partial charge in [-0.2, -0.15) is 0 Å². The van der Waals surface area contributed by atoms with Crippen molar-refractivity contribution in [3.05, 3.63) is 23.8 Å². The highest BCUT2D eigenvalue weighted by Crippen LogP contribution is 2.25. The Morgan fingerprint density at radius 2 is 2.00 bits per heavy atom. The van der Waals surface area contributed by atoms with E-state index in [1.54, 1.807) is 6.07 Å². The van der Waals surface area contributed by atoms with E-state index < -0.39 is 0 Å². The number of aryl methyl sites for hydroxylation is 1. The van der Waals surface area contributed by atoms with E-state index in [-0.39, 0.29) is 0 Å². The average Bonchev–Trinajstić information content (AvgIpc) is 2.29. The molecule has 2 rings (SSSR count). The van der Waals surface area contributed by atoms with Gasteiger partial charge in [-0.25, -0.2) is 0 Å². The van der Waals surface area contributed by atoms with Crippen LogP contribution in [0.5, 0.6) is 5.75 Å². The minimum Gasteiger partial charge on any atom is -0.508 e. The summed E-state index contributed by atoms with van der Waals surface area (Å²) in [7, 11) is 0. The molecule has 0 atom stereocenters. The lowest BCUT2D eigenvalue weighted by molar-refractivity contribution is 0.373. The molecule has 0 bridgehead atoms. The maximum absolute atomic E-state index is 9.33. The van der Waals surface area contributed by atoms with E-state index in [1.165, 1.54) is 32.1 Å². The Bertz CT molecular complexity index is 343. The maximum atomic E-state index is 9.33. The van der Waals surface area contributed by atoms with E-state index >= 15 is 0 Å². The largest absolute Gasteiger partial charge is 0.508 e. The zero-order valence-electron chi connectivity index (χ0n) is 10.00. The van der Waals surface area contributed by atoms with Crippen LogP contribution in [0, 0.1) is 12.8 Å². The summed E-state index contributed by atoms with van der Waals surface area (Å²) in [5, 5.41) is 12.8. The van der Waals surface area contributed by atoms with Gasteiger partial charge < -0.3 is 10.4 Å². The standard InChI is InChI=1S/C14H21NO/c1-11-9-13(16)7-8-14(11)15-10-12-5-3-2-4-6-12/h7-9,12,15-16H,2-6,10H2,1H3. The summed E-state index contributed by atoms with van der Waals surface area (Å²) in [6.07, 6.45) is 6.92. The van der Waals surface area contributed by atoms with Gasteiger partial charge >= 0.3 is 0 Å². The summed E-state index contributed by atoms with van der Waals surface area (Å²) in [5.74, 6) is 1.18. The minimum atomic E-state index is 0.348. The average molecular weight is 219 g/mol. The third-order valence-electron chi connectivity index (χ3n) is 3.52. The highest BCUT2D eigenvalue weighted by atomic mass is 16.3. The second-order valence-electron chi connectivity index (χ2n) is 4.88. The summed E-state index contributed by atoms with van der Waals surface area (Å²) in [5.41, 5.74) is 2.28. The molecule has 1 aliphatic carbocycles. The molecule has 2 heteroatoms. The lowest BCUT2D eigenvalue weighted by atomic mass is 9.89. The van der Waals surface area contributed by atoms with Gasteiger partial charge in [0.15, 0.2) is 0 Å². The number of phenols is 1. The van der Waals surface area contributed by atoms with Crippen molar-refractivity contribution in [3.8, 4) is 5.75 Å². The van der Waals surface area contributed by atoms with Crippen molar-refractivity contribution in [2.45, 2.75) is 39.0 Å². The topological polar surface area (TPSA) is 32.3 Å². The number of phenolic OH excluding ortho intramolecular Hbond substituents is 1. The molecule has 0 unspecified atom stereocenters. The van der Waals surface area contributed by atoms with Gasteiger partial charge in [0, 0.05) is 12.2 Å². The van der Waals surface area contributed by atoms with Gasteiger partial charge in [-0.3, -0.25) is 0 Å². The Labute approximate surface area is 97.7 Å². The van der Waals surface area contributed by atoms with Gasteiger partial charge in [0.05, 0.1) is 0 Å². The summed E-state index contributed by atoms with van der Waals surface area (Å²) < 4.78 is 0. The maximum Gasteiger partial charge on any atom is 0.115 e. The Balaban J connectivity index is 1.88. The molecule has 1 fully saturated rings. The van der Waals surface area contributed by atoms with E-state index in [0.29, 0.717) is 5.75 Å². The minimum absolute atomic E-state index is 0.348. The second kappa shape index (κ2) is 5.24. The highest BCUT2D eigenvalue weighted by molar-refractivity contribution is 5.53. The number of hydrogen-bond acceptors (Lipinski definition) is 2. The molecule has 0 amide bonds.